The van der Waals surface area contributed by atoms with Crippen LogP contribution in [0.15, 0.2) is 29.2 Å². The van der Waals surface area contributed by atoms with Gasteiger partial charge in [-0.25, -0.2) is 4.39 Å². The van der Waals surface area contributed by atoms with Crippen LogP contribution >= 0.6 is 11.8 Å². The summed E-state index contributed by atoms with van der Waals surface area (Å²) in [5, 5.41) is 8.40. The lowest BCUT2D eigenvalue weighted by Crippen LogP contribution is -2.19. The molecule has 0 bridgehead atoms. The number of nitrogens with zero attached hydrogens (tertiary/aromatic N) is 1. The zero-order valence-corrected chi connectivity index (χ0v) is 7.72. The van der Waals surface area contributed by atoms with Crippen LogP contribution < -0.4 is 5.73 Å². The van der Waals surface area contributed by atoms with Crippen LogP contribution in [-0.2, 0) is 0 Å². The standard InChI is InChI=1S/C9H9FN2S/c10-8-3-1-2-4-9(8)13-6-7(12)5-11/h1-4,7H,6,12H2. The molecule has 0 aliphatic carbocycles. The normalized spacial score (nSPS) is 12.1. The van der Waals surface area contributed by atoms with E-state index in [2.05, 4.69) is 0 Å². The Hall–Kier alpha value is -1.05. The van der Waals surface area contributed by atoms with Gasteiger partial charge in [0.25, 0.3) is 0 Å². The molecule has 1 aromatic carbocycles. The van der Waals surface area contributed by atoms with E-state index in [9.17, 15) is 4.39 Å². The van der Waals surface area contributed by atoms with Gasteiger partial charge in [0.05, 0.1) is 6.07 Å². The molecule has 2 nitrogen and oxygen atoms in total. The summed E-state index contributed by atoms with van der Waals surface area (Å²) in [6, 6.07) is 7.79. The first-order valence-corrected chi connectivity index (χ1v) is 4.75. The monoisotopic (exact) mass is 196 g/mol. The van der Waals surface area contributed by atoms with E-state index in [1.165, 1.54) is 17.8 Å². The summed E-state index contributed by atoms with van der Waals surface area (Å²) in [7, 11) is 0. The van der Waals surface area contributed by atoms with E-state index in [1.54, 1.807) is 18.2 Å². The first kappa shape index (κ1) is 10.0. The molecule has 1 rings (SSSR count). The van der Waals surface area contributed by atoms with Crippen molar-refractivity contribution in [3.8, 4) is 6.07 Å². The maximum absolute atomic E-state index is 13.0. The molecule has 1 unspecified atom stereocenters. The Labute approximate surface area is 80.5 Å². The zero-order valence-electron chi connectivity index (χ0n) is 6.90. The fraction of sp³-hybridized carbons (Fsp3) is 0.222. The smallest absolute Gasteiger partial charge is 0.136 e. The van der Waals surface area contributed by atoms with Crippen LogP contribution in [0.5, 0.6) is 0 Å². The molecule has 0 radical (unpaired) electrons. The van der Waals surface area contributed by atoms with E-state index in [0.29, 0.717) is 10.6 Å². The van der Waals surface area contributed by atoms with E-state index >= 15 is 0 Å². The van der Waals surface area contributed by atoms with Gasteiger partial charge in [0, 0.05) is 10.6 Å². The van der Waals surface area contributed by atoms with Gasteiger partial charge in [0.1, 0.15) is 11.9 Å². The predicted molar refractivity (Wildman–Crippen MR) is 50.7 cm³/mol. The number of nitrogens with two attached hydrogens (primary N) is 1. The van der Waals surface area contributed by atoms with Gasteiger partial charge in [-0.2, -0.15) is 5.26 Å². The Morgan fingerprint density at radius 1 is 1.54 bits per heavy atom. The predicted octanol–water partition coefficient (Wildman–Crippen LogP) is 1.77. The minimum absolute atomic E-state index is 0.266. The Kier molecular flexibility index (Phi) is 3.74. The molecule has 0 amide bonds. The van der Waals surface area contributed by atoms with Crippen molar-refractivity contribution in [3.63, 3.8) is 0 Å². The molecule has 1 aromatic rings. The minimum Gasteiger partial charge on any atom is -0.315 e. The average Bonchev–Trinajstić information content (AvgIpc) is 2.16. The minimum atomic E-state index is -0.537. The number of halogens is 1. The molecule has 0 aromatic heterocycles. The lowest BCUT2D eigenvalue weighted by Gasteiger charge is -2.03. The van der Waals surface area contributed by atoms with Crippen LogP contribution in [0.3, 0.4) is 0 Å². The molecule has 13 heavy (non-hydrogen) atoms. The zero-order chi connectivity index (χ0) is 9.68. The summed E-state index contributed by atoms with van der Waals surface area (Å²) in [6.07, 6.45) is 0. The van der Waals surface area contributed by atoms with Gasteiger partial charge in [-0.1, -0.05) is 12.1 Å². The molecule has 0 fully saturated rings. The van der Waals surface area contributed by atoms with Crippen molar-refractivity contribution in [1.82, 2.24) is 0 Å². The summed E-state index contributed by atoms with van der Waals surface area (Å²) >= 11 is 1.26. The van der Waals surface area contributed by atoms with Crippen molar-refractivity contribution >= 4 is 11.8 Å². The fourth-order valence-corrected chi connectivity index (χ4v) is 1.59. The van der Waals surface area contributed by atoms with Crippen molar-refractivity contribution in [2.24, 2.45) is 5.73 Å². The second kappa shape index (κ2) is 4.85. The number of hydrogen-bond donors (Lipinski definition) is 1. The van der Waals surface area contributed by atoms with Crippen molar-refractivity contribution in [1.29, 1.82) is 5.26 Å². The molecule has 0 aliphatic rings. The molecule has 0 saturated carbocycles. The van der Waals surface area contributed by atoms with Crippen molar-refractivity contribution in [2.75, 3.05) is 5.75 Å². The van der Waals surface area contributed by atoms with Gasteiger partial charge >= 0.3 is 0 Å². The van der Waals surface area contributed by atoms with E-state index in [-0.39, 0.29) is 5.82 Å². The lowest BCUT2D eigenvalue weighted by molar-refractivity contribution is 0.602. The topological polar surface area (TPSA) is 49.8 Å². The third kappa shape index (κ3) is 3.05. The second-order valence-electron chi connectivity index (χ2n) is 2.48. The van der Waals surface area contributed by atoms with Crippen LogP contribution in [0.2, 0.25) is 0 Å². The SMILES string of the molecule is N#CC(N)CSc1ccccc1F. The van der Waals surface area contributed by atoms with Gasteiger partial charge in [-0.3, -0.25) is 0 Å². The molecule has 2 N–H and O–H groups in total. The number of benzene rings is 1. The van der Waals surface area contributed by atoms with E-state index in [1.807, 2.05) is 6.07 Å². The summed E-state index contributed by atoms with van der Waals surface area (Å²) in [6.45, 7) is 0. The average molecular weight is 196 g/mol. The highest BCUT2D eigenvalue weighted by molar-refractivity contribution is 7.99. The van der Waals surface area contributed by atoms with Crippen molar-refractivity contribution in [2.45, 2.75) is 10.9 Å². The van der Waals surface area contributed by atoms with E-state index < -0.39 is 6.04 Å². The highest BCUT2D eigenvalue weighted by atomic mass is 32.2. The molecule has 0 heterocycles. The molecular formula is C9H9FN2S. The summed E-state index contributed by atoms with van der Waals surface area (Å²) < 4.78 is 13.0. The van der Waals surface area contributed by atoms with E-state index in [0.717, 1.165) is 0 Å². The number of rotatable bonds is 3. The summed E-state index contributed by atoms with van der Waals surface area (Å²) in [5.74, 6) is 0.148. The van der Waals surface area contributed by atoms with Crippen LogP contribution in [0.4, 0.5) is 4.39 Å². The molecule has 1 atom stereocenters. The van der Waals surface area contributed by atoms with Crippen LogP contribution in [0.25, 0.3) is 0 Å². The molecule has 0 saturated heterocycles. The first-order valence-electron chi connectivity index (χ1n) is 3.76. The Balaban J connectivity index is 2.56. The second-order valence-corrected chi connectivity index (χ2v) is 3.54. The molecule has 0 aliphatic heterocycles. The third-order valence-corrected chi connectivity index (χ3v) is 2.59. The van der Waals surface area contributed by atoms with Gasteiger partial charge in [0.2, 0.25) is 0 Å². The summed E-state index contributed by atoms with van der Waals surface area (Å²) in [5.41, 5.74) is 5.37. The maximum Gasteiger partial charge on any atom is 0.136 e. The Bertz CT molecular complexity index is 322. The van der Waals surface area contributed by atoms with Gasteiger partial charge in [-0.15, -0.1) is 11.8 Å². The molecule has 68 valence electrons. The summed E-state index contributed by atoms with van der Waals surface area (Å²) in [4.78, 5) is 0.535. The van der Waals surface area contributed by atoms with E-state index in [4.69, 9.17) is 11.0 Å². The molecule has 4 heteroatoms. The number of nitriles is 1. The quantitative estimate of drug-likeness (QED) is 0.749. The van der Waals surface area contributed by atoms with Gasteiger partial charge in [-0.05, 0) is 12.1 Å². The third-order valence-electron chi connectivity index (χ3n) is 1.42. The highest BCUT2D eigenvalue weighted by Gasteiger charge is 2.04. The van der Waals surface area contributed by atoms with Crippen LogP contribution in [0, 0.1) is 17.1 Å². The van der Waals surface area contributed by atoms with Crippen LogP contribution in [-0.4, -0.2) is 11.8 Å². The molecule has 0 spiro atoms. The lowest BCUT2D eigenvalue weighted by atomic mass is 10.3. The van der Waals surface area contributed by atoms with Gasteiger partial charge in [0.15, 0.2) is 0 Å². The van der Waals surface area contributed by atoms with Crippen molar-refractivity contribution < 1.29 is 4.39 Å². The first-order chi connectivity index (χ1) is 6.24. The highest BCUT2D eigenvalue weighted by Crippen LogP contribution is 2.21. The van der Waals surface area contributed by atoms with Crippen molar-refractivity contribution in [3.05, 3.63) is 30.1 Å². The number of thioether (sulfide) groups is 1. The fourth-order valence-electron chi connectivity index (χ4n) is 0.779. The Morgan fingerprint density at radius 2 is 2.23 bits per heavy atom. The largest absolute Gasteiger partial charge is 0.315 e. The van der Waals surface area contributed by atoms with Gasteiger partial charge < -0.3 is 5.73 Å². The number of hydrogen-bond acceptors (Lipinski definition) is 3. The Morgan fingerprint density at radius 3 is 2.85 bits per heavy atom. The maximum atomic E-state index is 13.0. The van der Waals surface area contributed by atoms with Crippen LogP contribution in [0.1, 0.15) is 0 Å². The molecular weight excluding hydrogens is 187 g/mol.